The third kappa shape index (κ3) is 7.48. The maximum atomic E-state index is 11.0. The highest BCUT2D eigenvalue weighted by molar-refractivity contribution is 5.67. The second-order valence-electron chi connectivity index (χ2n) is 6.07. The molecule has 0 aliphatic carbocycles. The van der Waals surface area contributed by atoms with Crippen molar-refractivity contribution in [3.05, 3.63) is 35.9 Å². The summed E-state index contributed by atoms with van der Waals surface area (Å²) in [5.41, 5.74) is 1.18. The fourth-order valence-corrected chi connectivity index (χ4v) is 2.24. The van der Waals surface area contributed by atoms with E-state index >= 15 is 0 Å². The van der Waals surface area contributed by atoms with Gasteiger partial charge in [-0.3, -0.25) is 4.79 Å². The molecule has 0 radical (unpaired) electrons. The fraction of sp³-hybridized carbons (Fsp3) is 0.533. The number of nitrogens with zero attached hydrogens (tertiary/aromatic N) is 1. The number of hydrogen-bond donors (Lipinski definition) is 2. The first-order valence-corrected chi connectivity index (χ1v) is 6.61. The molecule has 0 heterocycles. The van der Waals surface area contributed by atoms with Crippen molar-refractivity contribution in [2.24, 2.45) is 0 Å². The number of quaternary nitrogens is 1. The van der Waals surface area contributed by atoms with E-state index in [1.165, 1.54) is 5.56 Å². The van der Waals surface area contributed by atoms with Crippen molar-refractivity contribution >= 4 is 5.97 Å². The molecule has 0 aliphatic rings. The van der Waals surface area contributed by atoms with Crippen LogP contribution >= 0.6 is 0 Å². The average molecular weight is 301 g/mol. The van der Waals surface area contributed by atoms with Gasteiger partial charge in [0.1, 0.15) is 0 Å². The molecule has 0 saturated carbocycles. The Bertz CT molecular complexity index is 404. The molecule has 0 aliphatic heterocycles. The fourth-order valence-electron chi connectivity index (χ4n) is 2.24. The minimum absolute atomic E-state index is 0. The van der Waals surface area contributed by atoms with Crippen LogP contribution in [0.15, 0.2) is 30.3 Å². The zero-order valence-corrected chi connectivity index (χ0v) is 13.4. The Hall–Kier alpha value is -1.10. The summed E-state index contributed by atoms with van der Waals surface area (Å²) < 4.78 is 0.743. The van der Waals surface area contributed by atoms with Crippen molar-refractivity contribution in [2.75, 3.05) is 27.7 Å². The molecule has 0 unspecified atom stereocenters. The second kappa shape index (κ2) is 8.25. The van der Waals surface area contributed by atoms with E-state index < -0.39 is 5.97 Å². The lowest BCUT2D eigenvalue weighted by Crippen LogP contribution is -3.00. The maximum Gasteiger partial charge on any atom is 0.305 e. The van der Waals surface area contributed by atoms with E-state index in [9.17, 15) is 4.79 Å². The monoisotopic (exact) mass is 300 g/mol. The topological polar surface area (TPSA) is 49.3 Å². The summed E-state index contributed by atoms with van der Waals surface area (Å²) in [5.74, 6) is -0.758. The molecular formula is C15H25ClN2O2. The van der Waals surface area contributed by atoms with Crippen molar-refractivity contribution < 1.29 is 26.8 Å². The first-order valence-electron chi connectivity index (χ1n) is 6.61. The van der Waals surface area contributed by atoms with Crippen molar-refractivity contribution in [1.82, 2.24) is 5.32 Å². The van der Waals surface area contributed by atoms with Crippen LogP contribution in [-0.2, 0) is 4.79 Å². The van der Waals surface area contributed by atoms with E-state index in [0.717, 1.165) is 11.0 Å². The summed E-state index contributed by atoms with van der Waals surface area (Å²) in [6.07, 6.45) is 0.146. The molecule has 2 N–H and O–H groups in total. The zero-order valence-electron chi connectivity index (χ0n) is 12.6. The van der Waals surface area contributed by atoms with Crippen molar-refractivity contribution in [3.63, 3.8) is 0 Å². The van der Waals surface area contributed by atoms with Crippen LogP contribution in [0.25, 0.3) is 0 Å². The molecule has 20 heavy (non-hydrogen) atoms. The van der Waals surface area contributed by atoms with E-state index in [4.69, 9.17) is 5.11 Å². The van der Waals surface area contributed by atoms with Crippen molar-refractivity contribution in [2.45, 2.75) is 25.4 Å². The Morgan fingerprint density at radius 3 is 2.25 bits per heavy atom. The molecule has 0 saturated heterocycles. The SMILES string of the molecule is C[C@H](N[C@@H](CC(=O)O)C[N+](C)(C)C)c1ccccc1.[Cl-]. The zero-order chi connectivity index (χ0) is 14.5. The summed E-state index contributed by atoms with van der Waals surface area (Å²) in [5, 5.41) is 12.4. The molecule has 1 rings (SSSR count). The number of hydrogen-bond acceptors (Lipinski definition) is 2. The van der Waals surface area contributed by atoms with Gasteiger partial charge in [-0.15, -0.1) is 0 Å². The lowest BCUT2D eigenvalue weighted by Gasteiger charge is -2.31. The van der Waals surface area contributed by atoms with Gasteiger partial charge in [0.25, 0.3) is 0 Å². The quantitative estimate of drug-likeness (QED) is 0.628. The summed E-state index contributed by atoms with van der Waals surface area (Å²) in [6.45, 7) is 2.85. The van der Waals surface area contributed by atoms with Crippen molar-refractivity contribution in [3.8, 4) is 0 Å². The van der Waals surface area contributed by atoms with Gasteiger partial charge in [0, 0.05) is 6.04 Å². The van der Waals surface area contributed by atoms with E-state index in [0.29, 0.717) is 0 Å². The summed E-state index contributed by atoms with van der Waals surface area (Å²) in [7, 11) is 6.22. The van der Waals surface area contributed by atoms with Gasteiger partial charge < -0.3 is 27.3 Å². The molecular weight excluding hydrogens is 276 g/mol. The predicted molar refractivity (Wildman–Crippen MR) is 76.9 cm³/mol. The molecule has 0 bridgehead atoms. The number of halogens is 1. The van der Waals surface area contributed by atoms with Crippen LogP contribution in [0, 0.1) is 0 Å². The number of likely N-dealkylation sites (N-methyl/N-ethyl adjacent to an activating group) is 1. The standard InChI is InChI=1S/C15H24N2O2.ClH/c1-12(13-8-6-5-7-9-13)16-14(10-15(18)19)11-17(2,3)4;/h5-9,12,14,16H,10-11H2,1-4H3;1H/t12-,14-;/m0./s1. The molecule has 0 spiro atoms. The molecule has 0 amide bonds. The molecule has 0 aromatic heterocycles. The molecule has 0 fully saturated rings. The maximum absolute atomic E-state index is 11.0. The van der Waals surface area contributed by atoms with Gasteiger partial charge in [-0.1, -0.05) is 30.3 Å². The first-order chi connectivity index (χ1) is 8.78. The molecule has 2 atom stereocenters. The Kier molecular flexibility index (Phi) is 7.79. The van der Waals surface area contributed by atoms with Crippen LogP contribution in [0.3, 0.4) is 0 Å². The molecule has 5 heteroatoms. The van der Waals surface area contributed by atoms with Crippen LogP contribution in [0.1, 0.15) is 24.9 Å². The minimum atomic E-state index is -0.758. The van der Waals surface area contributed by atoms with E-state index in [-0.39, 0.29) is 30.9 Å². The first kappa shape index (κ1) is 18.9. The Morgan fingerprint density at radius 1 is 1.25 bits per heavy atom. The Labute approximate surface area is 127 Å². The predicted octanol–water partition coefficient (Wildman–Crippen LogP) is -1.11. The summed E-state index contributed by atoms with van der Waals surface area (Å²) in [6, 6.07) is 10.2. The highest BCUT2D eigenvalue weighted by atomic mass is 35.5. The summed E-state index contributed by atoms with van der Waals surface area (Å²) >= 11 is 0. The van der Waals surface area contributed by atoms with E-state index in [1.807, 2.05) is 18.2 Å². The molecule has 1 aromatic carbocycles. The van der Waals surface area contributed by atoms with E-state index in [2.05, 4.69) is 45.5 Å². The molecule has 114 valence electrons. The van der Waals surface area contributed by atoms with Gasteiger partial charge >= 0.3 is 5.97 Å². The van der Waals surface area contributed by atoms with Gasteiger partial charge in [-0.25, -0.2) is 0 Å². The van der Waals surface area contributed by atoms with Crippen molar-refractivity contribution in [1.29, 1.82) is 0 Å². The van der Waals surface area contributed by atoms with Gasteiger partial charge in [0.05, 0.1) is 40.2 Å². The van der Waals surface area contributed by atoms with Crippen LogP contribution < -0.4 is 17.7 Å². The van der Waals surface area contributed by atoms with Crippen LogP contribution in [0.4, 0.5) is 0 Å². The Balaban J connectivity index is 0.00000361. The highest BCUT2D eigenvalue weighted by Gasteiger charge is 2.22. The number of benzene rings is 1. The number of rotatable bonds is 7. The lowest BCUT2D eigenvalue weighted by molar-refractivity contribution is -0.871. The molecule has 4 nitrogen and oxygen atoms in total. The van der Waals surface area contributed by atoms with Crippen LogP contribution in [0.2, 0.25) is 0 Å². The second-order valence-corrected chi connectivity index (χ2v) is 6.07. The van der Waals surface area contributed by atoms with E-state index in [1.54, 1.807) is 0 Å². The third-order valence-electron chi connectivity index (χ3n) is 2.97. The number of carbonyl (C=O) groups is 1. The number of aliphatic carboxylic acids is 1. The number of carboxylic acids is 1. The lowest BCUT2D eigenvalue weighted by atomic mass is 10.1. The number of carboxylic acid groups (broad SMARTS) is 1. The van der Waals surface area contributed by atoms with Gasteiger partial charge in [-0.2, -0.15) is 0 Å². The Morgan fingerprint density at radius 2 is 1.80 bits per heavy atom. The minimum Gasteiger partial charge on any atom is -1.00 e. The summed E-state index contributed by atoms with van der Waals surface area (Å²) in [4.78, 5) is 11.0. The highest BCUT2D eigenvalue weighted by Crippen LogP contribution is 2.13. The average Bonchev–Trinajstić information content (AvgIpc) is 2.26. The largest absolute Gasteiger partial charge is 1.00 e. The smallest absolute Gasteiger partial charge is 0.305 e. The van der Waals surface area contributed by atoms with Crippen LogP contribution in [-0.4, -0.2) is 49.3 Å². The normalized spacial score (nSPS) is 14.2. The van der Waals surface area contributed by atoms with Crippen LogP contribution in [0.5, 0.6) is 0 Å². The van der Waals surface area contributed by atoms with Gasteiger partial charge in [0.2, 0.25) is 0 Å². The van der Waals surface area contributed by atoms with Gasteiger partial charge in [0.15, 0.2) is 0 Å². The van der Waals surface area contributed by atoms with Gasteiger partial charge in [-0.05, 0) is 12.5 Å². The third-order valence-corrected chi connectivity index (χ3v) is 2.97. The molecule has 1 aromatic rings. The number of nitrogens with one attached hydrogen (secondary N) is 1.